The van der Waals surface area contributed by atoms with E-state index in [0.717, 1.165) is 0 Å². The molecule has 2 aliphatic rings. The molecule has 0 aromatic heterocycles. The fourth-order valence-corrected chi connectivity index (χ4v) is 3.21. The van der Waals surface area contributed by atoms with Gasteiger partial charge in [-0.25, -0.2) is 0 Å². The topological polar surface area (TPSA) is 95.6 Å². The third kappa shape index (κ3) is 2.68. The Kier molecular flexibility index (Phi) is 3.81. The second-order valence-electron chi connectivity index (χ2n) is 5.54. The number of nitrogens with one attached hydrogen (secondary N) is 2. The molecule has 1 atom stereocenters. The first-order valence-electron chi connectivity index (χ1n) is 7.12. The molecule has 2 aliphatic heterocycles. The lowest BCUT2D eigenvalue weighted by molar-refractivity contribution is -0.137. The summed E-state index contributed by atoms with van der Waals surface area (Å²) in [6, 6.07) is 2.65. The largest absolute Gasteiger partial charge is 0.325 e. The summed E-state index contributed by atoms with van der Waals surface area (Å²) in [5, 5.41) is 4.98. The summed E-state index contributed by atoms with van der Waals surface area (Å²) in [4.78, 5) is 48.4. The van der Waals surface area contributed by atoms with Gasteiger partial charge in [0.05, 0.1) is 16.3 Å². The normalized spacial score (nSPS) is 20.3. The van der Waals surface area contributed by atoms with Crippen LogP contribution in [-0.2, 0) is 20.9 Å². The first-order valence-corrected chi connectivity index (χ1v) is 7.50. The highest BCUT2D eigenvalue weighted by Crippen LogP contribution is 2.36. The molecule has 1 fully saturated rings. The molecule has 1 unspecified atom stereocenters. The van der Waals surface area contributed by atoms with Gasteiger partial charge in [-0.2, -0.15) is 0 Å². The van der Waals surface area contributed by atoms with E-state index in [1.807, 2.05) is 0 Å². The lowest BCUT2D eigenvalue weighted by Gasteiger charge is -2.29. The van der Waals surface area contributed by atoms with Crippen LogP contribution in [0.2, 0.25) is 5.02 Å². The van der Waals surface area contributed by atoms with Crippen LogP contribution in [0, 0.1) is 0 Å². The van der Waals surface area contributed by atoms with Crippen LogP contribution in [0.15, 0.2) is 12.1 Å². The lowest BCUT2D eigenvalue weighted by Crippen LogP contribution is -2.52. The van der Waals surface area contributed by atoms with Crippen molar-refractivity contribution in [1.82, 2.24) is 10.2 Å². The van der Waals surface area contributed by atoms with Gasteiger partial charge in [-0.05, 0) is 18.1 Å². The summed E-state index contributed by atoms with van der Waals surface area (Å²) >= 11 is 6.24. The Bertz CT molecular complexity index is 746. The zero-order valence-electron chi connectivity index (χ0n) is 12.3. The Morgan fingerprint density at radius 2 is 2.09 bits per heavy atom. The van der Waals surface area contributed by atoms with Crippen LogP contribution in [0.1, 0.15) is 35.7 Å². The van der Waals surface area contributed by atoms with Gasteiger partial charge in [0.25, 0.3) is 5.91 Å². The molecule has 1 aromatic rings. The van der Waals surface area contributed by atoms with E-state index < -0.39 is 11.9 Å². The van der Waals surface area contributed by atoms with Crippen molar-refractivity contribution in [1.29, 1.82) is 0 Å². The molecule has 7 nitrogen and oxygen atoms in total. The minimum absolute atomic E-state index is 0.164. The number of carbonyl (C=O) groups excluding carboxylic acids is 4. The molecule has 0 saturated carbocycles. The molecule has 4 amide bonds. The molecule has 23 heavy (non-hydrogen) atoms. The Hall–Kier alpha value is -2.41. The highest BCUT2D eigenvalue weighted by molar-refractivity contribution is 6.37. The number of fused-ring (bicyclic) bond motifs is 1. The second-order valence-corrected chi connectivity index (χ2v) is 5.92. The molecule has 0 bridgehead atoms. The van der Waals surface area contributed by atoms with Crippen LogP contribution >= 0.6 is 11.6 Å². The van der Waals surface area contributed by atoms with Gasteiger partial charge in [-0.1, -0.05) is 17.7 Å². The number of anilines is 1. The van der Waals surface area contributed by atoms with Crippen molar-refractivity contribution in [3.8, 4) is 0 Å². The number of amides is 4. The molecular weight excluding hydrogens is 322 g/mol. The molecule has 1 saturated heterocycles. The summed E-state index contributed by atoms with van der Waals surface area (Å²) in [5.41, 5.74) is 1.35. The SMILES string of the molecule is CC(=O)Nc1ccc2c(c1Cl)C(=O)N(C1CCC(=O)NC1=O)C2. The number of hydrogen-bond donors (Lipinski definition) is 2. The summed E-state index contributed by atoms with van der Waals surface area (Å²) in [6.45, 7) is 1.60. The van der Waals surface area contributed by atoms with Crippen molar-refractivity contribution in [2.45, 2.75) is 32.4 Å². The van der Waals surface area contributed by atoms with Gasteiger partial charge < -0.3 is 10.2 Å². The average Bonchev–Trinajstić information content (AvgIpc) is 2.79. The minimum atomic E-state index is -0.687. The standard InChI is InChI=1S/C15H14ClN3O4/c1-7(20)17-9-3-2-8-6-19(15(23)12(8)13(9)16)10-4-5-11(21)18-14(10)22/h2-3,10H,4-6H2,1H3,(H,17,20)(H,18,21,22). The van der Waals surface area contributed by atoms with Gasteiger partial charge >= 0.3 is 0 Å². The van der Waals surface area contributed by atoms with Crippen LogP contribution in [0.4, 0.5) is 5.69 Å². The first kappa shape index (κ1) is 15.5. The van der Waals surface area contributed by atoms with Gasteiger partial charge in [0, 0.05) is 19.9 Å². The highest BCUT2D eigenvalue weighted by atomic mass is 35.5. The smallest absolute Gasteiger partial charge is 0.256 e. The van der Waals surface area contributed by atoms with Crippen molar-refractivity contribution >= 4 is 40.9 Å². The van der Waals surface area contributed by atoms with E-state index in [1.54, 1.807) is 12.1 Å². The zero-order chi connectivity index (χ0) is 16.7. The fraction of sp³-hybridized carbons (Fsp3) is 0.333. The van der Waals surface area contributed by atoms with E-state index in [4.69, 9.17) is 11.6 Å². The number of imide groups is 1. The van der Waals surface area contributed by atoms with E-state index >= 15 is 0 Å². The monoisotopic (exact) mass is 335 g/mol. The van der Waals surface area contributed by atoms with Crippen LogP contribution < -0.4 is 10.6 Å². The molecule has 0 radical (unpaired) electrons. The van der Waals surface area contributed by atoms with E-state index in [0.29, 0.717) is 23.2 Å². The predicted molar refractivity (Wildman–Crippen MR) is 81.8 cm³/mol. The molecule has 2 heterocycles. The zero-order valence-corrected chi connectivity index (χ0v) is 13.1. The number of nitrogens with zero attached hydrogens (tertiary/aromatic N) is 1. The molecule has 0 aliphatic carbocycles. The maximum atomic E-state index is 12.6. The van der Waals surface area contributed by atoms with E-state index in [1.165, 1.54) is 11.8 Å². The molecular formula is C15H14ClN3O4. The van der Waals surface area contributed by atoms with E-state index in [2.05, 4.69) is 10.6 Å². The van der Waals surface area contributed by atoms with Gasteiger partial charge in [-0.15, -0.1) is 0 Å². The number of piperidine rings is 1. The summed E-state index contributed by atoms with van der Waals surface area (Å²) < 4.78 is 0. The van der Waals surface area contributed by atoms with E-state index in [9.17, 15) is 19.2 Å². The first-order chi connectivity index (χ1) is 10.9. The van der Waals surface area contributed by atoms with Crippen LogP contribution in [-0.4, -0.2) is 34.6 Å². The molecule has 120 valence electrons. The second kappa shape index (κ2) is 5.66. The molecule has 2 N–H and O–H groups in total. The van der Waals surface area contributed by atoms with Crippen LogP contribution in [0.5, 0.6) is 0 Å². The summed E-state index contributed by atoms with van der Waals surface area (Å²) in [5.74, 6) is -1.46. The maximum Gasteiger partial charge on any atom is 0.256 e. The Morgan fingerprint density at radius 1 is 1.35 bits per heavy atom. The quantitative estimate of drug-likeness (QED) is 0.790. The van der Waals surface area contributed by atoms with Crippen LogP contribution in [0.3, 0.4) is 0 Å². The minimum Gasteiger partial charge on any atom is -0.325 e. The molecule has 0 spiro atoms. The van der Waals surface area contributed by atoms with Crippen molar-refractivity contribution in [2.75, 3.05) is 5.32 Å². The number of hydrogen-bond acceptors (Lipinski definition) is 4. The van der Waals surface area contributed by atoms with Gasteiger partial charge in [0.1, 0.15) is 6.04 Å². The molecule has 3 rings (SSSR count). The van der Waals surface area contributed by atoms with Gasteiger partial charge in [-0.3, -0.25) is 24.5 Å². The number of benzene rings is 1. The van der Waals surface area contributed by atoms with Gasteiger partial charge in [0.15, 0.2) is 0 Å². The Labute approximate surface area is 137 Å². The van der Waals surface area contributed by atoms with Crippen molar-refractivity contribution < 1.29 is 19.2 Å². The van der Waals surface area contributed by atoms with Gasteiger partial charge in [0.2, 0.25) is 17.7 Å². The fourth-order valence-electron chi connectivity index (χ4n) is 2.90. The van der Waals surface area contributed by atoms with Crippen molar-refractivity contribution in [3.63, 3.8) is 0 Å². The third-order valence-corrected chi connectivity index (χ3v) is 4.33. The third-order valence-electron chi connectivity index (χ3n) is 3.94. The number of carbonyl (C=O) groups is 4. The lowest BCUT2D eigenvalue weighted by atomic mass is 10.0. The number of halogens is 1. The Morgan fingerprint density at radius 3 is 2.74 bits per heavy atom. The van der Waals surface area contributed by atoms with Crippen LogP contribution in [0.25, 0.3) is 0 Å². The highest BCUT2D eigenvalue weighted by Gasteiger charge is 2.40. The average molecular weight is 336 g/mol. The predicted octanol–water partition coefficient (Wildman–Crippen LogP) is 1.06. The summed E-state index contributed by atoms with van der Waals surface area (Å²) in [7, 11) is 0. The summed E-state index contributed by atoms with van der Waals surface area (Å²) in [6.07, 6.45) is 0.488. The van der Waals surface area contributed by atoms with E-state index in [-0.39, 0.29) is 35.7 Å². The Balaban J connectivity index is 1.90. The molecule has 8 heteroatoms. The maximum absolute atomic E-state index is 12.6. The molecule has 1 aromatic carbocycles. The number of rotatable bonds is 2. The van der Waals surface area contributed by atoms with Crippen molar-refractivity contribution in [2.24, 2.45) is 0 Å². The van der Waals surface area contributed by atoms with Crippen molar-refractivity contribution in [3.05, 3.63) is 28.3 Å².